The maximum absolute atomic E-state index is 5.56. The first kappa shape index (κ1) is 9.31. The Morgan fingerprint density at radius 2 is 2.21 bits per heavy atom. The molecule has 0 saturated heterocycles. The molecule has 3 N–H and O–H groups in total. The first-order valence-electron chi connectivity index (χ1n) is 5.15. The molecular formula is C11H17N3. The number of nitrogens with zero attached hydrogens (tertiary/aromatic N) is 1. The fraction of sp³-hybridized carbons (Fsp3) is 0.545. The number of nitrogens with one attached hydrogen (secondary N) is 1. The molecule has 0 aromatic carbocycles. The van der Waals surface area contributed by atoms with Gasteiger partial charge in [0, 0.05) is 6.04 Å². The van der Waals surface area contributed by atoms with Crippen molar-refractivity contribution in [2.24, 2.45) is 11.8 Å². The Morgan fingerprint density at radius 3 is 2.71 bits per heavy atom. The highest BCUT2D eigenvalue weighted by atomic mass is 15.0. The summed E-state index contributed by atoms with van der Waals surface area (Å²) in [5.41, 5.74) is 6.28. The van der Waals surface area contributed by atoms with Crippen molar-refractivity contribution >= 4 is 11.5 Å². The summed E-state index contributed by atoms with van der Waals surface area (Å²) in [5.74, 6) is 2.51. The minimum Gasteiger partial charge on any atom is -0.397 e. The Bertz CT molecular complexity index is 307. The fourth-order valence-electron chi connectivity index (χ4n) is 1.90. The summed E-state index contributed by atoms with van der Waals surface area (Å²) < 4.78 is 0. The van der Waals surface area contributed by atoms with E-state index in [0.29, 0.717) is 11.7 Å². The highest BCUT2D eigenvalue weighted by molar-refractivity contribution is 5.44. The second-order valence-corrected chi connectivity index (χ2v) is 4.30. The van der Waals surface area contributed by atoms with Crippen molar-refractivity contribution in [1.82, 2.24) is 4.98 Å². The number of pyridine rings is 1. The van der Waals surface area contributed by atoms with E-state index in [1.54, 1.807) is 6.20 Å². The molecular weight excluding hydrogens is 174 g/mol. The van der Waals surface area contributed by atoms with Gasteiger partial charge in [0.15, 0.2) is 0 Å². The molecule has 76 valence electrons. The lowest BCUT2D eigenvalue weighted by atomic mass is 9.71. The monoisotopic (exact) mass is 191 g/mol. The van der Waals surface area contributed by atoms with Gasteiger partial charge in [-0.05, 0) is 30.4 Å². The van der Waals surface area contributed by atoms with Crippen LogP contribution in [-0.2, 0) is 0 Å². The van der Waals surface area contributed by atoms with Crippen molar-refractivity contribution in [3.8, 4) is 0 Å². The Hall–Kier alpha value is -1.25. The number of anilines is 2. The van der Waals surface area contributed by atoms with E-state index in [-0.39, 0.29) is 0 Å². The zero-order chi connectivity index (χ0) is 10.1. The Labute approximate surface area is 84.7 Å². The molecule has 3 unspecified atom stereocenters. The topological polar surface area (TPSA) is 50.9 Å². The predicted molar refractivity (Wildman–Crippen MR) is 59.0 cm³/mol. The largest absolute Gasteiger partial charge is 0.397 e. The van der Waals surface area contributed by atoms with Crippen LogP contribution in [0.1, 0.15) is 20.3 Å². The third-order valence-electron chi connectivity index (χ3n) is 3.28. The van der Waals surface area contributed by atoms with Crippen LogP contribution in [0, 0.1) is 11.8 Å². The predicted octanol–water partition coefficient (Wildman–Crippen LogP) is 2.12. The third kappa shape index (κ3) is 1.67. The Morgan fingerprint density at radius 1 is 1.43 bits per heavy atom. The van der Waals surface area contributed by atoms with E-state index < -0.39 is 0 Å². The number of aromatic nitrogens is 1. The molecule has 1 heterocycles. The standard InChI is InChI=1S/C11H17N3/c1-7-5-10(8(7)2)14-11-4-3-9(12)6-13-11/h3-4,6-8,10H,5,12H2,1-2H3,(H,13,14). The number of hydrogen-bond donors (Lipinski definition) is 2. The number of rotatable bonds is 2. The SMILES string of the molecule is CC1CC(Nc2ccc(N)cn2)C1C. The van der Waals surface area contributed by atoms with E-state index in [0.717, 1.165) is 17.7 Å². The zero-order valence-corrected chi connectivity index (χ0v) is 8.70. The molecule has 0 amide bonds. The lowest BCUT2D eigenvalue weighted by molar-refractivity contribution is 0.188. The highest BCUT2D eigenvalue weighted by Gasteiger charge is 2.34. The van der Waals surface area contributed by atoms with Gasteiger partial charge in [-0.3, -0.25) is 0 Å². The van der Waals surface area contributed by atoms with Crippen molar-refractivity contribution in [1.29, 1.82) is 0 Å². The molecule has 1 fully saturated rings. The molecule has 1 aromatic rings. The number of nitrogen functional groups attached to an aromatic ring is 1. The average molecular weight is 191 g/mol. The van der Waals surface area contributed by atoms with E-state index in [1.165, 1.54) is 6.42 Å². The maximum Gasteiger partial charge on any atom is 0.126 e. The molecule has 14 heavy (non-hydrogen) atoms. The van der Waals surface area contributed by atoms with Gasteiger partial charge in [-0.2, -0.15) is 0 Å². The first-order chi connectivity index (χ1) is 6.66. The third-order valence-corrected chi connectivity index (χ3v) is 3.28. The van der Waals surface area contributed by atoms with E-state index in [9.17, 15) is 0 Å². The van der Waals surface area contributed by atoms with Gasteiger partial charge >= 0.3 is 0 Å². The first-order valence-corrected chi connectivity index (χ1v) is 5.15. The van der Waals surface area contributed by atoms with Gasteiger partial charge < -0.3 is 11.1 Å². The Kier molecular flexibility index (Phi) is 2.32. The molecule has 3 atom stereocenters. The molecule has 3 nitrogen and oxygen atoms in total. The van der Waals surface area contributed by atoms with Gasteiger partial charge in [-0.15, -0.1) is 0 Å². The molecule has 1 saturated carbocycles. The quantitative estimate of drug-likeness (QED) is 0.752. The lowest BCUT2D eigenvalue weighted by Crippen LogP contribution is -2.43. The van der Waals surface area contributed by atoms with Crippen LogP contribution < -0.4 is 11.1 Å². The van der Waals surface area contributed by atoms with Crippen LogP contribution in [0.5, 0.6) is 0 Å². The summed E-state index contributed by atoms with van der Waals surface area (Å²) >= 11 is 0. The summed E-state index contributed by atoms with van der Waals surface area (Å²) in [6.45, 7) is 4.57. The van der Waals surface area contributed by atoms with Gasteiger partial charge in [-0.25, -0.2) is 4.98 Å². The molecule has 2 rings (SSSR count). The van der Waals surface area contributed by atoms with E-state index >= 15 is 0 Å². The summed E-state index contributed by atoms with van der Waals surface area (Å²) in [4.78, 5) is 4.22. The molecule has 0 spiro atoms. The van der Waals surface area contributed by atoms with Crippen LogP contribution in [0.3, 0.4) is 0 Å². The summed E-state index contributed by atoms with van der Waals surface area (Å²) in [7, 11) is 0. The van der Waals surface area contributed by atoms with Crippen LogP contribution in [0.2, 0.25) is 0 Å². The van der Waals surface area contributed by atoms with E-state index in [1.807, 2.05) is 12.1 Å². The van der Waals surface area contributed by atoms with Crippen molar-refractivity contribution in [2.45, 2.75) is 26.3 Å². The summed E-state index contributed by atoms with van der Waals surface area (Å²) in [6, 6.07) is 4.40. The molecule has 1 aliphatic carbocycles. The van der Waals surface area contributed by atoms with Crippen molar-refractivity contribution < 1.29 is 0 Å². The van der Waals surface area contributed by atoms with Crippen molar-refractivity contribution in [3.63, 3.8) is 0 Å². The fourth-order valence-corrected chi connectivity index (χ4v) is 1.90. The minimum absolute atomic E-state index is 0.584. The Balaban J connectivity index is 1.95. The molecule has 0 radical (unpaired) electrons. The molecule has 3 heteroatoms. The van der Waals surface area contributed by atoms with Gasteiger partial charge in [0.2, 0.25) is 0 Å². The maximum atomic E-state index is 5.56. The van der Waals surface area contributed by atoms with Crippen LogP contribution in [0.15, 0.2) is 18.3 Å². The van der Waals surface area contributed by atoms with E-state index in [4.69, 9.17) is 5.73 Å². The zero-order valence-electron chi connectivity index (χ0n) is 8.70. The van der Waals surface area contributed by atoms with Crippen LogP contribution >= 0.6 is 0 Å². The van der Waals surface area contributed by atoms with Gasteiger partial charge in [0.1, 0.15) is 5.82 Å². The highest BCUT2D eigenvalue weighted by Crippen LogP contribution is 2.35. The van der Waals surface area contributed by atoms with Gasteiger partial charge in [0.05, 0.1) is 11.9 Å². The minimum atomic E-state index is 0.584. The van der Waals surface area contributed by atoms with Crippen LogP contribution in [-0.4, -0.2) is 11.0 Å². The smallest absolute Gasteiger partial charge is 0.126 e. The molecule has 1 aromatic heterocycles. The number of nitrogens with two attached hydrogens (primary N) is 1. The van der Waals surface area contributed by atoms with Crippen LogP contribution in [0.25, 0.3) is 0 Å². The number of hydrogen-bond acceptors (Lipinski definition) is 3. The van der Waals surface area contributed by atoms with Gasteiger partial charge in [0.25, 0.3) is 0 Å². The molecule has 1 aliphatic rings. The van der Waals surface area contributed by atoms with E-state index in [2.05, 4.69) is 24.1 Å². The summed E-state index contributed by atoms with van der Waals surface area (Å²) in [6.07, 6.45) is 2.93. The van der Waals surface area contributed by atoms with Crippen molar-refractivity contribution in [2.75, 3.05) is 11.1 Å². The average Bonchev–Trinajstić information content (AvgIpc) is 2.20. The van der Waals surface area contributed by atoms with Crippen LogP contribution in [0.4, 0.5) is 11.5 Å². The molecule has 0 bridgehead atoms. The molecule has 0 aliphatic heterocycles. The van der Waals surface area contributed by atoms with Crippen molar-refractivity contribution in [3.05, 3.63) is 18.3 Å². The van der Waals surface area contributed by atoms with Gasteiger partial charge in [-0.1, -0.05) is 13.8 Å². The lowest BCUT2D eigenvalue weighted by Gasteiger charge is -2.41. The normalized spacial score (nSPS) is 30.9. The second-order valence-electron chi connectivity index (χ2n) is 4.30. The summed E-state index contributed by atoms with van der Waals surface area (Å²) in [5, 5.41) is 3.42. The second kappa shape index (κ2) is 3.48.